The summed E-state index contributed by atoms with van der Waals surface area (Å²) < 4.78 is 14.9. The molecule has 0 fully saturated rings. The third kappa shape index (κ3) is 4.59. The molecule has 146 valence electrons. The molecule has 0 saturated heterocycles. The van der Waals surface area contributed by atoms with Crippen LogP contribution in [-0.2, 0) is 11.8 Å². The second kappa shape index (κ2) is 8.56. The lowest BCUT2D eigenvalue weighted by atomic mass is 10.0. The number of amides is 1. The Morgan fingerprint density at radius 2 is 1.86 bits per heavy atom. The molecule has 1 N–H and O–H groups in total. The van der Waals surface area contributed by atoms with Gasteiger partial charge in [-0.05, 0) is 61.7 Å². The third-order valence-corrected chi connectivity index (χ3v) is 5.70. The lowest BCUT2D eigenvalue weighted by molar-refractivity contribution is -0.119. The highest BCUT2D eigenvalue weighted by atomic mass is 32.2. The molecule has 1 aromatic heterocycles. The molecule has 1 heterocycles. The summed E-state index contributed by atoms with van der Waals surface area (Å²) in [5.74, 6) is 0.508. The number of carbonyl (C=O) groups excluding carboxylic acids is 1. The fourth-order valence-electron chi connectivity index (χ4n) is 2.82. The molecule has 0 spiro atoms. The fraction of sp³-hybridized carbons (Fsp3) is 0.286. The summed E-state index contributed by atoms with van der Waals surface area (Å²) in [6, 6.07) is 12.2. The van der Waals surface area contributed by atoms with Crippen molar-refractivity contribution in [3.63, 3.8) is 0 Å². The van der Waals surface area contributed by atoms with Gasteiger partial charge in [0.2, 0.25) is 5.91 Å². The number of nitrogens with one attached hydrogen (secondary N) is 1. The van der Waals surface area contributed by atoms with Gasteiger partial charge in [0.1, 0.15) is 5.82 Å². The molecule has 0 aliphatic heterocycles. The van der Waals surface area contributed by atoms with Crippen LogP contribution >= 0.6 is 11.8 Å². The number of hydrogen-bond donors (Lipinski definition) is 1. The van der Waals surface area contributed by atoms with E-state index in [4.69, 9.17) is 0 Å². The summed E-state index contributed by atoms with van der Waals surface area (Å²) in [5, 5.41) is 12.0. The summed E-state index contributed by atoms with van der Waals surface area (Å²) >= 11 is 1.32. The molecule has 3 aromatic rings. The number of hydrogen-bond acceptors (Lipinski definition) is 4. The highest BCUT2D eigenvalue weighted by Gasteiger charge is 2.15. The number of benzene rings is 2. The Labute approximate surface area is 168 Å². The van der Waals surface area contributed by atoms with E-state index in [0.29, 0.717) is 11.0 Å². The minimum atomic E-state index is -0.296. The van der Waals surface area contributed by atoms with Crippen molar-refractivity contribution < 1.29 is 9.18 Å². The molecule has 7 heteroatoms. The SMILES string of the molecule is Cc1ccc(C(C)NC(=O)CSc2nnc(-c3ccc(F)cc3)n2C)cc1C. The largest absolute Gasteiger partial charge is 0.349 e. The summed E-state index contributed by atoms with van der Waals surface area (Å²) in [4.78, 5) is 12.3. The van der Waals surface area contributed by atoms with E-state index in [0.717, 1.165) is 11.1 Å². The summed E-state index contributed by atoms with van der Waals surface area (Å²) in [5.41, 5.74) is 4.30. The van der Waals surface area contributed by atoms with Gasteiger partial charge in [0.25, 0.3) is 0 Å². The summed E-state index contributed by atoms with van der Waals surface area (Å²) in [7, 11) is 1.83. The van der Waals surface area contributed by atoms with E-state index in [1.54, 1.807) is 16.7 Å². The maximum Gasteiger partial charge on any atom is 0.230 e. The van der Waals surface area contributed by atoms with Gasteiger partial charge in [-0.15, -0.1) is 10.2 Å². The second-order valence-electron chi connectivity index (χ2n) is 6.79. The zero-order valence-electron chi connectivity index (χ0n) is 16.4. The van der Waals surface area contributed by atoms with E-state index >= 15 is 0 Å². The molecule has 1 unspecified atom stereocenters. The van der Waals surface area contributed by atoms with E-state index in [1.165, 1.54) is 35.0 Å². The quantitative estimate of drug-likeness (QED) is 0.632. The predicted octanol–water partition coefficient (Wildman–Crippen LogP) is 4.21. The maximum absolute atomic E-state index is 13.1. The van der Waals surface area contributed by atoms with Gasteiger partial charge in [-0.1, -0.05) is 30.0 Å². The van der Waals surface area contributed by atoms with Crippen molar-refractivity contribution in [1.29, 1.82) is 0 Å². The Bertz CT molecular complexity index is 985. The zero-order valence-corrected chi connectivity index (χ0v) is 17.2. The van der Waals surface area contributed by atoms with Gasteiger partial charge in [-0.2, -0.15) is 0 Å². The van der Waals surface area contributed by atoms with Gasteiger partial charge in [-0.3, -0.25) is 4.79 Å². The van der Waals surface area contributed by atoms with Gasteiger partial charge in [0.05, 0.1) is 11.8 Å². The topological polar surface area (TPSA) is 59.8 Å². The molecule has 0 radical (unpaired) electrons. The van der Waals surface area contributed by atoms with Crippen molar-refractivity contribution in [1.82, 2.24) is 20.1 Å². The normalized spacial score (nSPS) is 12.0. The lowest BCUT2D eigenvalue weighted by Gasteiger charge is -2.15. The van der Waals surface area contributed by atoms with E-state index < -0.39 is 0 Å². The predicted molar refractivity (Wildman–Crippen MR) is 110 cm³/mol. The minimum absolute atomic E-state index is 0.0675. The van der Waals surface area contributed by atoms with Crippen LogP contribution in [0.2, 0.25) is 0 Å². The van der Waals surface area contributed by atoms with E-state index in [2.05, 4.69) is 41.5 Å². The van der Waals surface area contributed by atoms with Crippen LogP contribution in [0.4, 0.5) is 4.39 Å². The molecule has 0 saturated carbocycles. The van der Waals surface area contributed by atoms with Crippen LogP contribution < -0.4 is 5.32 Å². The van der Waals surface area contributed by atoms with Gasteiger partial charge in [0.15, 0.2) is 11.0 Å². The molecule has 5 nitrogen and oxygen atoms in total. The first-order valence-electron chi connectivity index (χ1n) is 9.00. The average molecular weight is 399 g/mol. The Morgan fingerprint density at radius 3 is 2.54 bits per heavy atom. The molecular weight excluding hydrogens is 375 g/mol. The standard InChI is InChI=1S/C21H23FN4OS/c1-13-5-6-17(11-14(13)2)15(3)23-19(27)12-28-21-25-24-20(26(21)4)16-7-9-18(22)10-8-16/h5-11,15H,12H2,1-4H3,(H,23,27). The Morgan fingerprint density at radius 1 is 1.14 bits per heavy atom. The van der Waals surface area contributed by atoms with E-state index in [9.17, 15) is 9.18 Å². The van der Waals surface area contributed by atoms with Crippen molar-refractivity contribution in [3.05, 3.63) is 65.0 Å². The molecule has 1 amide bonds. The van der Waals surface area contributed by atoms with Gasteiger partial charge >= 0.3 is 0 Å². The zero-order chi connectivity index (χ0) is 20.3. The molecule has 0 aliphatic carbocycles. The lowest BCUT2D eigenvalue weighted by Crippen LogP contribution is -2.28. The second-order valence-corrected chi connectivity index (χ2v) is 7.74. The van der Waals surface area contributed by atoms with Crippen molar-refractivity contribution in [3.8, 4) is 11.4 Å². The molecule has 3 rings (SSSR count). The third-order valence-electron chi connectivity index (χ3n) is 4.68. The molecule has 0 aliphatic rings. The first kappa shape index (κ1) is 20.1. The van der Waals surface area contributed by atoms with Crippen LogP contribution in [0.15, 0.2) is 47.6 Å². The van der Waals surface area contributed by atoms with Crippen LogP contribution in [0.3, 0.4) is 0 Å². The fourth-order valence-corrected chi connectivity index (χ4v) is 3.54. The summed E-state index contributed by atoms with van der Waals surface area (Å²) in [6.45, 7) is 6.11. The summed E-state index contributed by atoms with van der Waals surface area (Å²) in [6.07, 6.45) is 0. The van der Waals surface area contributed by atoms with Gasteiger partial charge < -0.3 is 9.88 Å². The first-order valence-corrected chi connectivity index (χ1v) is 9.98. The van der Waals surface area contributed by atoms with Crippen LogP contribution in [-0.4, -0.2) is 26.4 Å². The van der Waals surface area contributed by atoms with Crippen molar-refractivity contribution in [2.75, 3.05) is 5.75 Å². The highest BCUT2D eigenvalue weighted by Crippen LogP contribution is 2.23. The average Bonchev–Trinajstić information content (AvgIpc) is 3.03. The molecule has 0 bridgehead atoms. The van der Waals surface area contributed by atoms with Gasteiger partial charge in [-0.25, -0.2) is 4.39 Å². The first-order chi connectivity index (χ1) is 13.3. The number of halogens is 1. The van der Waals surface area contributed by atoms with Crippen molar-refractivity contribution in [2.45, 2.75) is 32.0 Å². The number of aromatic nitrogens is 3. The number of nitrogens with zero attached hydrogens (tertiary/aromatic N) is 3. The van der Waals surface area contributed by atoms with Gasteiger partial charge in [0, 0.05) is 12.6 Å². The molecule has 28 heavy (non-hydrogen) atoms. The maximum atomic E-state index is 13.1. The Hall–Kier alpha value is -2.67. The van der Waals surface area contributed by atoms with Crippen molar-refractivity contribution in [2.24, 2.45) is 7.05 Å². The van der Waals surface area contributed by atoms with Crippen LogP contribution in [0.25, 0.3) is 11.4 Å². The van der Waals surface area contributed by atoms with E-state index in [1.807, 2.05) is 20.0 Å². The van der Waals surface area contributed by atoms with E-state index in [-0.39, 0.29) is 23.5 Å². The smallest absolute Gasteiger partial charge is 0.230 e. The van der Waals surface area contributed by atoms with Crippen LogP contribution in [0.5, 0.6) is 0 Å². The van der Waals surface area contributed by atoms with Crippen LogP contribution in [0.1, 0.15) is 29.7 Å². The highest BCUT2D eigenvalue weighted by molar-refractivity contribution is 7.99. The Balaban J connectivity index is 1.60. The molecular formula is C21H23FN4OS. The molecule has 2 aromatic carbocycles. The van der Waals surface area contributed by atoms with Crippen LogP contribution in [0, 0.1) is 19.7 Å². The Kier molecular flexibility index (Phi) is 6.14. The molecule has 1 atom stereocenters. The van der Waals surface area contributed by atoms with Crippen molar-refractivity contribution >= 4 is 17.7 Å². The number of carbonyl (C=O) groups is 1. The monoisotopic (exact) mass is 398 g/mol. The minimum Gasteiger partial charge on any atom is -0.349 e. The number of aryl methyl sites for hydroxylation is 2. The number of rotatable bonds is 6. The number of thioether (sulfide) groups is 1.